The Kier molecular flexibility index (Phi) is 3.92. The third kappa shape index (κ3) is 2.92. The van der Waals surface area contributed by atoms with Crippen molar-refractivity contribution in [2.24, 2.45) is 0 Å². The summed E-state index contributed by atoms with van der Waals surface area (Å²) in [4.78, 5) is 16.2. The molecule has 0 radical (unpaired) electrons. The van der Waals surface area contributed by atoms with Gasteiger partial charge in [0.05, 0.1) is 6.20 Å². The van der Waals surface area contributed by atoms with E-state index in [0.29, 0.717) is 16.8 Å². The maximum absolute atomic E-state index is 14.3. The Bertz CT molecular complexity index is 1100. The van der Waals surface area contributed by atoms with E-state index in [1.807, 2.05) is 6.92 Å². The van der Waals surface area contributed by atoms with Gasteiger partial charge in [0.2, 0.25) is 5.82 Å². The molecule has 8 heteroatoms. The van der Waals surface area contributed by atoms with Crippen molar-refractivity contribution in [3.63, 3.8) is 0 Å². The summed E-state index contributed by atoms with van der Waals surface area (Å²) in [7, 11) is 0. The van der Waals surface area contributed by atoms with Crippen LogP contribution in [0.4, 0.5) is 8.78 Å². The molecule has 0 aliphatic heterocycles. The van der Waals surface area contributed by atoms with E-state index >= 15 is 0 Å². The number of pyridine rings is 3. The molecule has 0 unspecified atom stereocenters. The molecule has 0 atom stereocenters. The smallest absolute Gasteiger partial charge is 0.276 e. The van der Waals surface area contributed by atoms with Gasteiger partial charge in [-0.2, -0.15) is 4.98 Å². The fourth-order valence-corrected chi connectivity index (χ4v) is 2.47. The minimum Gasteiger partial charge on any atom is -0.332 e. The molecule has 0 aliphatic carbocycles. The highest BCUT2D eigenvalue weighted by atomic mass is 19.1. The number of aromatic nitrogens is 5. The molecular formula is C18H11F2N5O. The number of rotatable bonds is 3. The topological polar surface area (TPSA) is 77.6 Å². The normalized spacial score (nSPS) is 10.9. The molecule has 0 saturated heterocycles. The first-order valence-electron chi connectivity index (χ1n) is 7.64. The van der Waals surface area contributed by atoms with Crippen LogP contribution in [-0.4, -0.2) is 25.1 Å². The van der Waals surface area contributed by atoms with Crippen LogP contribution in [-0.2, 0) is 0 Å². The average molecular weight is 351 g/mol. The lowest BCUT2D eigenvalue weighted by molar-refractivity contribution is 0.430. The number of aryl methyl sites for hydroxylation is 1. The molecule has 0 spiro atoms. The van der Waals surface area contributed by atoms with Gasteiger partial charge in [-0.25, -0.2) is 13.8 Å². The first-order chi connectivity index (χ1) is 12.6. The summed E-state index contributed by atoms with van der Waals surface area (Å²) >= 11 is 0. The maximum Gasteiger partial charge on any atom is 0.276 e. The molecule has 4 aromatic rings. The van der Waals surface area contributed by atoms with E-state index in [2.05, 4.69) is 25.1 Å². The third-order valence-electron chi connectivity index (χ3n) is 3.78. The fourth-order valence-electron chi connectivity index (χ4n) is 2.47. The molecule has 0 aromatic carbocycles. The van der Waals surface area contributed by atoms with E-state index in [1.54, 1.807) is 18.5 Å². The van der Waals surface area contributed by atoms with Crippen LogP contribution in [0.15, 0.2) is 53.6 Å². The van der Waals surface area contributed by atoms with Gasteiger partial charge < -0.3 is 4.52 Å². The molecule has 0 amide bonds. The van der Waals surface area contributed by atoms with Crippen molar-refractivity contribution in [2.45, 2.75) is 6.92 Å². The quantitative estimate of drug-likeness (QED) is 0.558. The van der Waals surface area contributed by atoms with Crippen molar-refractivity contribution in [1.29, 1.82) is 0 Å². The Morgan fingerprint density at radius 3 is 2.62 bits per heavy atom. The molecule has 4 heterocycles. The van der Waals surface area contributed by atoms with Crippen LogP contribution in [0.2, 0.25) is 0 Å². The highest BCUT2D eigenvalue weighted by Gasteiger charge is 2.16. The summed E-state index contributed by atoms with van der Waals surface area (Å²) in [5, 5.41) is 3.83. The highest BCUT2D eigenvalue weighted by Crippen LogP contribution is 2.28. The Morgan fingerprint density at radius 1 is 0.923 bits per heavy atom. The fraction of sp³-hybridized carbons (Fsp3) is 0.0556. The van der Waals surface area contributed by atoms with Crippen molar-refractivity contribution in [2.75, 3.05) is 0 Å². The van der Waals surface area contributed by atoms with Gasteiger partial charge in [0, 0.05) is 35.8 Å². The lowest BCUT2D eigenvalue weighted by Gasteiger charge is -2.07. The summed E-state index contributed by atoms with van der Waals surface area (Å²) < 4.78 is 32.7. The zero-order valence-electron chi connectivity index (χ0n) is 13.5. The molecule has 128 valence electrons. The standard InChI is InChI=1S/C18H11F2N5O/c1-10-2-4-21-8-13(10)12-7-15(23-9-14(12)20)17-24-18(26-25-17)16-6-11(19)3-5-22-16/h2-9H,1H3. The lowest BCUT2D eigenvalue weighted by Crippen LogP contribution is -1.94. The van der Waals surface area contributed by atoms with Gasteiger partial charge in [-0.05, 0) is 30.7 Å². The van der Waals surface area contributed by atoms with Crippen molar-refractivity contribution < 1.29 is 13.3 Å². The predicted octanol–water partition coefficient (Wildman–Crippen LogP) is 3.84. The third-order valence-corrected chi connectivity index (χ3v) is 3.78. The van der Waals surface area contributed by atoms with Crippen molar-refractivity contribution >= 4 is 0 Å². The van der Waals surface area contributed by atoms with Crippen LogP contribution in [0, 0.1) is 18.6 Å². The highest BCUT2D eigenvalue weighted by molar-refractivity contribution is 5.70. The molecule has 4 aromatic heterocycles. The summed E-state index contributed by atoms with van der Waals surface area (Å²) in [6.07, 6.45) is 5.60. The summed E-state index contributed by atoms with van der Waals surface area (Å²) in [6.45, 7) is 1.86. The van der Waals surface area contributed by atoms with E-state index in [9.17, 15) is 8.78 Å². The van der Waals surface area contributed by atoms with Gasteiger partial charge in [-0.1, -0.05) is 5.16 Å². The van der Waals surface area contributed by atoms with Gasteiger partial charge in [0.25, 0.3) is 5.89 Å². The molecule has 26 heavy (non-hydrogen) atoms. The molecule has 0 N–H and O–H groups in total. The van der Waals surface area contributed by atoms with Crippen LogP contribution in [0.1, 0.15) is 5.56 Å². The molecule has 0 aliphatic rings. The van der Waals surface area contributed by atoms with Crippen molar-refractivity contribution in [1.82, 2.24) is 25.1 Å². The molecule has 6 nitrogen and oxygen atoms in total. The summed E-state index contributed by atoms with van der Waals surface area (Å²) in [5.74, 6) is -0.761. The van der Waals surface area contributed by atoms with E-state index in [0.717, 1.165) is 11.8 Å². The summed E-state index contributed by atoms with van der Waals surface area (Å²) in [5.41, 5.74) is 2.36. The monoisotopic (exact) mass is 351 g/mol. The molecule has 0 saturated carbocycles. The minimum absolute atomic E-state index is 0.0460. The van der Waals surface area contributed by atoms with Crippen molar-refractivity contribution in [3.8, 4) is 34.2 Å². The van der Waals surface area contributed by atoms with E-state index in [4.69, 9.17) is 4.52 Å². The van der Waals surface area contributed by atoms with Gasteiger partial charge in [-0.15, -0.1) is 0 Å². The Balaban J connectivity index is 1.76. The summed E-state index contributed by atoms with van der Waals surface area (Å²) in [6, 6.07) is 5.70. The molecule has 0 bridgehead atoms. The van der Waals surface area contributed by atoms with Crippen LogP contribution in [0.3, 0.4) is 0 Å². The molecule has 0 fully saturated rings. The first kappa shape index (κ1) is 15.9. The molecule has 4 rings (SSSR count). The predicted molar refractivity (Wildman–Crippen MR) is 88.6 cm³/mol. The van der Waals surface area contributed by atoms with Crippen LogP contribution in [0.5, 0.6) is 0 Å². The number of hydrogen-bond acceptors (Lipinski definition) is 6. The van der Waals surface area contributed by atoms with Gasteiger partial charge >= 0.3 is 0 Å². The zero-order chi connectivity index (χ0) is 18.1. The van der Waals surface area contributed by atoms with E-state index < -0.39 is 11.6 Å². The Hall–Kier alpha value is -3.55. The number of hydrogen-bond donors (Lipinski definition) is 0. The number of nitrogens with zero attached hydrogens (tertiary/aromatic N) is 5. The first-order valence-corrected chi connectivity index (χ1v) is 7.64. The van der Waals surface area contributed by atoms with Gasteiger partial charge in [0.15, 0.2) is 0 Å². The van der Waals surface area contributed by atoms with E-state index in [1.165, 1.54) is 24.4 Å². The molecular weight excluding hydrogens is 340 g/mol. The largest absolute Gasteiger partial charge is 0.332 e. The second-order valence-electron chi connectivity index (χ2n) is 5.52. The van der Waals surface area contributed by atoms with E-state index in [-0.39, 0.29) is 17.4 Å². The van der Waals surface area contributed by atoms with Gasteiger partial charge in [0.1, 0.15) is 23.0 Å². The SMILES string of the molecule is Cc1ccncc1-c1cc(-c2noc(-c3cc(F)ccn3)n2)ncc1F. The van der Waals surface area contributed by atoms with Gasteiger partial charge in [-0.3, -0.25) is 9.97 Å². The lowest BCUT2D eigenvalue weighted by atomic mass is 10.0. The Morgan fingerprint density at radius 2 is 1.81 bits per heavy atom. The van der Waals surface area contributed by atoms with Crippen molar-refractivity contribution in [3.05, 3.63) is 66.3 Å². The second kappa shape index (κ2) is 6.40. The minimum atomic E-state index is -0.486. The zero-order valence-corrected chi connectivity index (χ0v) is 13.5. The maximum atomic E-state index is 14.3. The average Bonchev–Trinajstić information content (AvgIpc) is 3.13. The van der Waals surface area contributed by atoms with Crippen LogP contribution in [0.25, 0.3) is 34.2 Å². The van der Waals surface area contributed by atoms with Crippen LogP contribution < -0.4 is 0 Å². The van der Waals surface area contributed by atoms with Crippen LogP contribution >= 0.6 is 0 Å². The number of halogens is 2. The second-order valence-corrected chi connectivity index (χ2v) is 5.52. The Labute approximate surface area is 146 Å².